The van der Waals surface area contributed by atoms with E-state index in [-0.39, 0.29) is 11.5 Å². The van der Waals surface area contributed by atoms with Crippen LogP contribution in [0.3, 0.4) is 0 Å². The third kappa shape index (κ3) is 4.41. The lowest BCUT2D eigenvalue weighted by atomic mass is 9.73. The number of rotatable bonds is 7. The van der Waals surface area contributed by atoms with E-state index >= 15 is 0 Å². The van der Waals surface area contributed by atoms with Crippen LogP contribution in [0.2, 0.25) is 0 Å². The molecular weight excluding hydrogens is 512 g/mol. The van der Waals surface area contributed by atoms with Gasteiger partial charge < -0.3 is 10.5 Å². The molecule has 3 heterocycles. The Morgan fingerprint density at radius 2 is 1.90 bits per heavy atom. The van der Waals surface area contributed by atoms with E-state index in [1.807, 2.05) is 41.0 Å². The number of carbonyl (C=O) groups excluding carboxylic acids is 1. The van der Waals surface area contributed by atoms with E-state index in [9.17, 15) is 4.79 Å². The number of imidazole rings is 1. The second-order valence-electron chi connectivity index (χ2n) is 9.62. The van der Waals surface area contributed by atoms with Gasteiger partial charge in [-0.25, -0.2) is 24.6 Å². The molecule has 1 aliphatic carbocycles. The Hall–Kier alpha value is -4.27. The number of pyridine rings is 2. The molecule has 3 N–H and O–H groups in total. The van der Waals surface area contributed by atoms with Crippen LogP contribution >= 0.6 is 11.8 Å². The number of ether oxygens (including phenoxy) is 1. The summed E-state index contributed by atoms with van der Waals surface area (Å²) in [5.41, 5.74) is 12.2. The van der Waals surface area contributed by atoms with E-state index in [4.69, 9.17) is 32.2 Å². The van der Waals surface area contributed by atoms with E-state index in [0.717, 1.165) is 36.1 Å². The minimum absolute atomic E-state index is 0.191. The maximum atomic E-state index is 12.3. The Bertz CT molecular complexity index is 1670. The van der Waals surface area contributed by atoms with Gasteiger partial charge in [0.1, 0.15) is 11.3 Å². The molecule has 6 rings (SSSR count). The molecule has 5 aromatic rings. The summed E-state index contributed by atoms with van der Waals surface area (Å²) in [6.07, 6.45) is 4.79. The van der Waals surface area contributed by atoms with Gasteiger partial charge in [-0.15, -0.1) is 0 Å². The van der Waals surface area contributed by atoms with Crippen LogP contribution in [0.4, 0.5) is 5.82 Å². The van der Waals surface area contributed by atoms with Crippen molar-refractivity contribution in [2.24, 2.45) is 0 Å². The summed E-state index contributed by atoms with van der Waals surface area (Å²) in [7, 11) is 0. The van der Waals surface area contributed by atoms with Crippen molar-refractivity contribution in [2.45, 2.75) is 31.7 Å². The van der Waals surface area contributed by atoms with Gasteiger partial charge in [0.25, 0.3) is 0 Å². The molecule has 9 heteroatoms. The highest BCUT2D eigenvalue weighted by Crippen LogP contribution is 2.42. The van der Waals surface area contributed by atoms with Gasteiger partial charge in [-0.3, -0.25) is 4.57 Å². The molecule has 0 atom stereocenters. The van der Waals surface area contributed by atoms with E-state index in [0.29, 0.717) is 46.2 Å². The van der Waals surface area contributed by atoms with E-state index in [2.05, 4.69) is 34.1 Å². The lowest BCUT2D eigenvalue weighted by Gasteiger charge is -2.41. The number of benzene rings is 2. The zero-order valence-corrected chi connectivity index (χ0v) is 22.2. The fraction of sp³-hybridized carbons (Fsp3) is 0.200. The molecule has 1 fully saturated rings. The maximum Gasteiger partial charge on any atom is 0.338 e. The molecule has 39 heavy (non-hydrogen) atoms. The number of halogens is 1. The van der Waals surface area contributed by atoms with Crippen molar-refractivity contribution in [1.29, 1.82) is 0 Å². The number of fused-ring (bicyclic) bond motifs is 1. The number of aromatic nitrogens is 4. The van der Waals surface area contributed by atoms with Crippen LogP contribution in [-0.4, -0.2) is 32.1 Å². The molecular formula is C30H27ClN6O2. The number of nitrogens with zero attached hydrogens (tertiary/aromatic N) is 4. The van der Waals surface area contributed by atoms with E-state index in [1.54, 1.807) is 25.3 Å². The van der Waals surface area contributed by atoms with Gasteiger partial charge >= 0.3 is 5.97 Å². The number of nitrogens with one attached hydrogen (secondary N) is 1. The summed E-state index contributed by atoms with van der Waals surface area (Å²) < 4.78 is 7.17. The Labute approximate surface area is 230 Å². The van der Waals surface area contributed by atoms with Crippen LogP contribution in [0, 0.1) is 0 Å². The zero-order chi connectivity index (χ0) is 27.0. The molecule has 3 aromatic heterocycles. The Kier molecular flexibility index (Phi) is 6.50. The monoisotopic (exact) mass is 538 g/mol. The first-order valence-electron chi connectivity index (χ1n) is 12.9. The number of hydrogen-bond donors (Lipinski definition) is 2. The van der Waals surface area contributed by atoms with Crippen molar-refractivity contribution in [3.8, 4) is 28.3 Å². The summed E-state index contributed by atoms with van der Waals surface area (Å²) in [5.74, 6) is 0.658. The molecule has 0 saturated heterocycles. The molecule has 0 spiro atoms. The van der Waals surface area contributed by atoms with Crippen LogP contribution < -0.4 is 10.6 Å². The standard InChI is InChI=1S/C30H27ClN6O2/c1-2-39-29(38)20-7-3-6-19(18-20)24-13-14-25-28(34-24)37(27(35-25)23-8-4-17-33-26(23)32)22-11-9-21(10-12-22)30(36-31)15-5-16-30/h3-4,6-14,17-18,36H,2,5,15-16H2,1H3,(H2,32,33). The fourth-order valence-corrected chi connectivity index (χ4v) is 5.37. The zero-order valence-electron chi connectivity index (χ0n) is 21.4. The van der Waals surface area contributed by atoms with Crippen LogP contribution in [0.15, 0.2) is 79.0 Å². The van der Waals surface area contributed by atoms with E-state index < -0.39 is 0 Å². The predicted molar refractivity (Wildman–Crippen MR) is 152 cm³/mol. The summed E-state index contributed by atoms with van der Waals surface area (Å²) in [5, 5.41) is 0. The van der Waals surface area contributed by atoms with Crippen molar-refractivity contribution in [2.75, 3.05) is 12.3 Å². The SMILES string of the molecule is CCOC(=O)c1cccc(-c2ccc3nc(-c4cccnc4N)n(-c4ccc(C5(NCl)CCC5)cc4)c3n2)c1. The molecule has 0 aliphatic heterocycles. The number of esters is 1. The van der Waals surface area contributed by atoms with Crippen LogP contribution in [0.1, 0.15) is 42.1 Å². The minimum atomic E-state index is -0.365. The summed E-state index contributed by atoms with van der Waals surface area (Å²) in [6.45, 7) is 2.10. The largest absolute Gasteiger partial charge is 0.462 e. The molecule has 0 radical (unpaired) electrons. The van der Waals surface area contributed by atoms with Gasteiger partial charge in [-0.1, -0.05) is 24.3 Å². The van der Waals surface area contributed by atoms with Gasteiger partial charge in [0, 0.05) is 17.4 Å². The fourth-order valence-electron chi connectivity index (χ4n) is 5.07. The minimum Gasteiger partial charge on any atom is -0.462 e. The molecule has 0 unspecified atom stereocenters. The molecule has 1 saturated carbocycles. The molecule has 0 bridgehead atoms. The average Bonchev–Trinajstić information content (AvgIpc) is 3.32. The number of carbonyl (C=O) groups is 1. The second-order valence-corrected chi connectivity index (χ2v) is 9.81. The van der Waals surface area contributed by atoms with Gasteiger partial charge in [0.15, 0.2) is 11.5 Å². The number of nitrogen functional groups attached to an aromatic ring is 1. The number of anilines is 1. The van der Waals surface area contributed by atoms with Crippen LogP contribution in [-0.2, 0) is 10.3 Å². The Balaban J connectivity index is 1.51. The topological polar surface area (TPSA) is 108 Å². The van der Waals surface area contributed by atoms with Crippen molar-refractivity contribution in [3.63, 3.8) is 0 Å². The van der Waals surface area contributed by atoms with Gasteiger partial charge in [-0.2, -0.15) is 0 Å². The summed E-state index contributed by atoms with van der Waals surface area (Å²) >= 11 is 6.13. The molecule has 8 nitrogen and oxygen atoms in total. The van der Waals surface area contributed by atoms with Crippen molar-refractivity contribution >= 4 is 34.7 Å². The summed E-state index contributed by atoms with van der Waals surface area (Å²) in [4.78, 5) is 29.5. The smallest absolute Gasteiger partial charge is 0.338 e. The molecule has 196 valence electrons. The highest BCUT2D eigenvalue weighted by molar-refractivity contribution is 6.14. The normalized spacial score (nSPS) is 14.2. The summed E-state index contributed by atoms with van der Waals surface area (Å²) in [6, 6.07) is 23.1. The highest BCUT2D eigenvalue weighted by atomic mass is 35.5. The maximum absolute atomic E-state index is 12.3. The van der Waals surface area contributed by atoms with E-state index in [1.165, 1.54) is 0 Å². The molecule has 0 amide bonds. The molecule has 1 aliphatic rings. The number of nitrogens with two attached hydrogens (primary N) is 1. The third-order valence-electron chi connectivity index (χ3n) is 7.32. The lowest BCUT2D eigenvalue weighted by Crippen LogP contribution is -2.43. The second kappa shape index (κ2) is 10.1. The van der Waals surface area contributed by atoms with Crippen LogP contribution in [0.5, 0.6) is 0 Å². The Morgan fingerprint density at radius 1 is 1.08 bits per heavy atom. The van der Waals surface area contributed by atoms with Crippen molar-refractivity contribution in [3.05, 3.63) is 90.1 Å². The average molecular weight is 539 g/mol. The van der Waals surface area contributed by atoms with Crippen molar-refractivity contribution < 1.29 is 9.53 Å². The quantitative estimate of drug-likeness (QED) is 0.192. The van der Waals surface area contributed by atoms with Gasteiger partial charge in [0.05, 0.1) is 29.0 Å². The Morgan fingerprint density at radius 3 is 2.59 bits per heavy atom. The van der Waals surface area contributed by atoms with Crippen molar-refractivity contribution in [1.82, 2.24) is 24.4 Å². The van der Waals surface area contributed by atoms with Gasteiger partial charge in [-0.05, 0) is 92.1 Å². The van der Waals surface area contributed by atoms with Crippen LogP contribution in [0.25, 0.3) is 39.5 Å². The first-order valence-corrected chi connectivity index (χ1v) is 13.3. The highest BCUT2D eigenvalue weighted by Gasteiger charge is 2.38. The first-order chi connectivity index (χ1) is 19.0. The molecule has 2 aromatic carbocycles. The lowest BCUT2D eigenvalue weighted by molar-refractivity contribution is 0.0526. The predicted octanol–water partition coefficient (Wildman–Crippen LogP) is 6.03. The first kappa shape index (κ1) is 25.0. The third-order valence-corrected chi connectivity index (χ3v) is 7.68. The van der Waals surface area contributed by atoms with Gasteiger partial charge in [0.2, 0.25) is 0 Å². The number of hydrogen-bond acceptors (Lipinski definition) is 7.